The van der Waals surface area contributed by atoms with Crippen molar-refractivity contribution < 1.29 is 4.39 Å². The van der Waals surface area contributed by atoms with Crippen LogP contribution in [-0.4, -0.2) is 23.1 Å². The van der Waals surface area contributed by atoms with Gasteiger partial charge in [0.05, 0.1) is 6.20 Å². The molecular formula is C13H19FN4. The van der Waals surface area contributed by atoms with Crippen molar-refractivity contribution in [2.45, 2.75) is 38.1 Å². The number of aromatic nitrogens is 2. The lowest BCUT2D eigenvalue weighted by atomic mass is 9.98. The van der Waals surface area contributed by atoms with Crippen molar-refractivity contribution in [1.29, 1.82) is 0 Å². The summed E-state index contributed by atoms with van der Waals surface area (Å²) >= 11 is 0. The zero-order chi connectivity index (χ0) is 12.5. The molecule has 0 unspecified atom stereocenters. The van der Waals surface area contributed by atoms with Crippen LogP contribution in [0.3, 0.4) is 0 Å². The highest BCUT2D eigenvalue weighted by molar-refractivity contribution is 5.41. The van der Waals surface area contributed by atoms with E-state index in [1.807, 2.05) is 0 Å². The maximum Gasteiger partial charge on any atom is 0.225 e. The average Bonchev–Trinajstić information content (AvgIpc) is 2.96. The van der Waals surface area contributed by atoms with Gasteiger partial charge < -0.3 is 10.6 Å². The first-order valence-electron chi connectivity index (χ1n) is 6.75. The molecule has 2 aliphatic rings. The molecule has 0 saturated heterocycles. The molecule has 3 atom stereocenters. The highest BCUT2D eigenvalue weighted by atomic mass is 19.1. The van der Waals surface area contributed by atoms with Crippen molar-refractivity contribution in [3.8, 4) is 0 Å². The Hall–Kier alpha value is -1.39. The molecule has 4 nitrogen and oxygen atoms in total. The van der Waals surface area contributed by atoms with E-state index in [0.717, 1.165) is 11.8 Å². The Morgan fingerprint density at radius 2 is 2.17 bits per heavy atom. The number of nitrogens with zero attached hydrogens (tertiary/aromatic N) is 2. The van der Waals surface area contributed by atoms with Crippen molar-refractivity contribution in [3.63, 3.8) is 0 Å². The summed E-state index contributed by atoms with van der Waals surface area (Å²) in [4.78, 5) is 8.19. The lowest BCUT2D eigenvalue weighted by Crippen LogP contribution is -2.25. The zero-order valence-corrected chi connectivity index (χ0v) is 10.6. The van der Waals surface area contributed by atoms with Crippen molar-refractivity contribution in [2.24, 2.45) is 11.8 Å². The lowest BCUT2D eigenvalue weighted by Gasteiger charge is -2.20. The smallest absolute Gasteiger partial charge is 0.225 e. The fraction of sp³-hybridized carbons (Fsp3) is 0.692. The van der Waals surface area contributed by atoms with E-state index >= 15 is 0 Å². The SMILES string of the molecule is CNc1nc(N[C@@H]2CC[C@H]3CCC[C@H]32)ncc1F. The Kier molecular flexibility index (Phi) is 3.06. The average molecular weight is 250 g/mol. The minimum absolute atomic E-state index is 0.258. The molecule has 0 bridgehead atoms. The Morgan fingerprint density at radius 1 is 1.28 bits per heavy atom. The molecule has 2 aliphatic carbocycles. The van der Waals surface area contributed by atoms with E-state index in [1.54, 1.807) is 7.05 Å². The molecule has 0 aliphatic heterocycles. The predicted molar refractivity (Wildman–Crippen MR) is 69.0 cm³/mol. The predicted octanol–water partition coefficient (Wildman–Crippen LogP) is 2.65. The van der Waals surface area contributed by atoms with Gasteiger partial charge in [0.25, 0.3) is 0 Å². The van der Waals surface area contributed by atoms with E-state index in [1.165, 1.54) is 38.3 Å². The number of halogens is 1. The van der Waals surface area contributed by atoms with Crippen LogP contribution in [0, 0.1) is 17.7 Å². The second-order valence-corrected chi connectivity index (χ2v) is 5.32. The minimum Gasteiger partial charge on any atom is -0.371 e. The quantitative estimate of drug-likeness (QED) is 0.866. The molecule has 0 spiro atoms. The molecule has 0 aromatic carbocycles. The molecule has 2 fully saturated rings. The second-order valence-electron chi connectivity index (χ2n) is 5.32. The van der Waals surface area contributed by atoms with E-state index in [9.17, 15) is 4.39 Å². The van der Waals surface area contributed by atoms with Crippen LogP contribution in [0.4, 0.5) is 16.2 Å². The number of hydrogen-bond acceptors (Lipinski definition) is 4. The molecule has 18 heavy (non-hydrogen) atoms. The summed E-state index contributed by atoms with van der Waals surface area (Å²) in [6, 6.07) is 0.465. The van der Waals surface area contributed by atoms with Gasteiger partial charge in [-0.25, -0.2) is 9.37 Å². The van der Waals surface area contributed by atoms with Crippen LogP contribution in [0.2, 0.25) is 0 Å². The summed E-state index contributed by atoms with van der Waals surface area (Å²) < 4.78 is 13.3. The van der Waals surface area contributed by atoms with Gasteiger partial charge in [0.15, 0.2) is 11.6 Å². The summed E-state index contributed by atoms with van der Waals surface area (Å²) in [5, 5.41) is 6.13. The van der Waals surface area contributed by atoms with Gasteiger partial charge in [-0.15, -0.1) is 0 Å². The normalized spacial score (nSPS) is 30.2. The summed E-state index contributed by atoms with van der Waals surface area (Å²) in [5.74, 6) is 2.03. The summed E-state index contributed by atoms with van der Waals surface area (Å²) in [5.41, 5.74) is 0. The van der Waals surface area contributed by atoms with Gasteiger partial charge in [-0.2, -0.15) is 4.98 Å². The van der Waals surface area contributed by atoms with Crippen molar-refractivity contribution in [1.82, 2.24) is 9.97 Å². The van der Waals surface area contributed by atoms with E-state index in [4.69, 9.17) is 0 Å². The molecule has 1 aromatic heterocycles. The minimum atomic E-state index is -0.409. The van der Waals surface area contributed by atoms with Gasteiger partial charge in [-0.3, -0.25) is 0 Å². The van der Waals surface area contributed by atoms with Gasteiger partial charge in [0.1, 0.15) is 0 Å². The first kappa shape index (κ1) is 11.7. The van der Waals surface area contributed by atoms with E-state index in [-0.39, 0.29) is 5.82 Å². The van der Waals surface area contributed by atoms with Crippen LogP contribution in [0.5, 0.6) is 0 Å². The Labute approximate surface area is 106 Å². The van der Waals surface area contributed by atoms with E-state index < -0.39 is 5.82 Å². The van der Waals surface area contributed by atoms with Crippen LogP contribution < -0.4 is 10.6 Å². The third-order valence-electron chi connectivity index (χ3n) is 4.38. The molecule has 98 valence electrons. The first-order valence-corrected chi connectivity index (χ1v) is 6.75. The maximum absolute atomic E-state index is 13.3. The largest absolute Gasteiger partial charge is 0.371 e. The highest BCUT2D eigenvalue weighted by Gasteiger charge is 2.39. The van der Waals surface area contributed by atoms with E-state index in [0.29, 0.717) is 12.0 Å². The third-order valence-corrected chi connectivity index (χ3v) is 4.38. The summed E-state index contributed by atoms with van der Waals surface area (Å²) in [6.45, 7) is 0. The molecule has 0 radical (unpaired) electrons. The number of hydrogen-bond donors (Lipinski definition) is 2. The topological polar surface area (TPSA) is 49.8 Å². The van der Waals surface area contributed by atoms with Crippen molar-refractivity contribution >= 4 is 11.8 Å². The Morgan fingerprint density at radius 3 is 3.00 bits per heavy atom. The maximum atomic E-state index is 13.3. The third kappa shape index (κ3) is 2.02. The Bertz CT molecular complexity index is 437. The number of fused-ring (bicyclic) bond motifs is 1. The van der Waals surface area contributed by atoms with Crippen LogP contribution in [0.15, 0.2) is 6.20 Å². The second kappa shape index (κ2) is 4.71. The van der Waals surface area contributed by atoms with Gasteiger partial charge in [-0.05, 0) is 31.1 Å². The van der Waals surface area contributed by atoms with Gasteiger partial charge in [-0.1, -0.05) is 12.8 Å². The Balaban J connectivity index is 1.72. The highest BCUT2D eigenvalue weighted by Crippen LogP contribution is 2.44. The summed E-state index contributed by atoms with van der Waals surface area (Å²) in [6.07, 6.45) is 7.74. The van der Waals surface area contributed by atoms with Crippen LogP contribution in [0.1, 0.15) is 32.1 Å². The van der Waals surface area contributed by atoms with Crippen LogP contribution in [0.25, 0.3) is 0 Å². The molecule has 3 rings (SSSR count). The van der Waals surface area contributed by atoms with Crippen molar-refractivity contribution in [3.05, 3.63) is 12.0 Å². The van der Waals surface area contributed by atoms with Gasteiger partial charge >= 0.3 is 0 Å². The molecule has 2 saturated carbocycles. The fourth-order valence-corrected chi connectivity index (χ4v) is 3.52. The molecule has 5 heteroatoms. The monoisotopic (exact) mass is 250 g/mol. The molecule has 2 N–H and O–H groups in total. The molecule has 1 aromatic rings. The lowest BCUT2D eigenvalue weighted by molar-refractivity contribution is 0.434. The van der Waals surface area contributed by atoms with Crippen LogP contribution in [-0.2, 0) is 0 Å². The zero-order valence-electron chi connectivity index (χ0n) is 10.6. The van der Waals surface area contributed by atoms with Crippen LogP contribution >= 0.6 is 0 Å². The van der Waals surface area contributed by atoms with Gasteiger partial charge in [0, 0.05) is 13.1 Å². The number of rotatable bonds is 3. The van der Waals surface area contributed by atoms with Crippen molar-refractivity contribution in [2.75, 3.05) is 17.7 Å². The molecule has 1 heterocycles. The fourth-order valence-electron chi connectivity index (χ4n) is 3.52. The summed E-state index contributed by atoms with van der Waals surface area (Å²) in [7, 11) is 1.66. The number of anilines is 2. The standard InChI is InChI=1S/C13H19FN4/c1-15-12-10(14)7-16-13(18-12)17-11-6-5-8-3-2-4-9(8)11/h7-9,11H,2-6H2,1H3,(H2,15,16,17,18)/t8-,9-,11-/m1/s1. The number of nitrogens with one attached hydrogen (secondary N) is 2. The first-order chi connectivity index (χ1) is 8.78. The molecular weight excluding hydrogens is 231 g/mol. The van der Waals surface area contributed by atoms with Gasteiger partial charge in [0.2, 0.25) is 5.95 Å². The molecule has 0 amide bonds. The van der Waals surface area contributed by atoms with E-state index in [2.05, 4.69) is 20.6 Å².